The molecular weight excluding hydrogens is 607 g/mol. The summed E-state index contributed by atoms with van der Waals surface area (Å²) in [5.41, 5.74) is -0.0960. The van der Waals surface area contributed by atoms with E-state index in [2.05, 4.69) is 31.7 Å². The molecule has 242 valence electrons. The highest BCUT2D eigenvalue weighted by atomic mass is 32.2. The average Bonchev–Trinajstić information content (AvgIpc) is 2.96. The molecule has 2 aromatic carbocycles. The molecule has 0 bridgehead atoms. The predicted molar refractivity (Wildman–Crippen MR) is 171 cm³/mol. The van der Waals surface area contributed by atoms with Crippen molar-refractivity contribution in [3.05, 3.63) is 75.7 Å². The maximum Gasteiger partial charge on any atom is 0.278 e. The van der Waals surface area contributed by atoms with Crippen LogP contribution in [0, 0.1) is 18.6 Å². The van der Waals surface area contributed by atoms with Gasteiger partial charge in [-0.25, -0.2) is 31.6 Å². The summed E-state index contributed by atoms with van der Waals surface area (Å²) in [6.45, 7) is 8.81. The number of hydrogen-bond donors (Lipinski definition) is 2. The molecule has 0 unspecified atom stereocenters. The Balaban J connectivity index is 1.61. The summed E-state index contributed by atoms with van der Waals surface area (Å²) in [6.07, 6.45) is 0.613. The van der Waals surface area contributed by atoms with Gasteiger partial charge in [0.25, 0.3) is 5.56 Å². The summed E-state index contributed by atoms with van der Waals surface area (Å²) in [6, 6.07) is 7.81. The highest BCUT2D eigenvalue weighted by molar-refractivity contribution is 7.91. The fraction of sp³-hybridized carbons (Fsp3) is 0.419. The van der Waals surface area contributed by atoms with Gasteiger partial charge in [0.15, 0.2) is 5.82 Å². The van der Waals surface area contributed by atoms with Crippen molar-refractivity contribution in [1.29, 1.82) is 0 Å². The first-order chi connectivity index (χ1) is 21.2. The molecule has 14 heteroatoms. The van der Waals surface area contributed by atoms with Crippen LogP contribution >= 0.6 is 0 Å². The van der Waals surface area contributed by atoms with Gasteiger partial charge in [0, 0.05) is 30.1 Å². The van der Waals surface area contributed by atoms with Crippen molar-refractivity contribution < 1.29 is 21.6 Å². The smallest absolute Gasteiger partial charge is 0.278 e. The van der Waals surface area contributed by atoms with Gasteiger partial charge >= 0.3 is 0 Å². The predicted octanol–water partition coefficient (Wildman–Crippen LogP) is 5.12. The van der Waals surface area contributed by atoms with Crippen molar-refractivity contribution >= 4 is 34.2 Å². The van der Waals surface area contributed by atoms with Gasteiger partial charge in [-0.2, -0.15) is 4.99 Å². The molecule has 3 atom stereocenters. The van der Waals surface area contributed by atoms with E-state index in [1.807, 2.05) is 19.0 Å². The molecule has 1 aliphatic carbocycles. The number of nitrogens with one attached hydrogen (secondary N) is 2. The van der Waals surface area contributed by atoms with Crippen molar-refractivity contribution in [2.45, 2.75) is 70.1 Å². The first-order valence-corrected chi connectivity index (χ1v) is 16.1. The first kappa shape index (κ1) is 33.8. The molecule has 1 aromatic heterocycles. The largest absolute Gasteiger partial charge is 0.351 e. The number of sulfonamides is 1. The SMILES string of the molecule is C=N/C(=N\c1c(C)nc(-c2ccc(NS(=O)(=O)Cc3ccc(F)cc3)c(F)c2)c(=O)n1C(C)C)N[C@H]1CC[C@H](N(C)C)[C@@H](F)C1. The van der Waals surface area contributed by atoms with E-state index < -0.39 is 39.1 Å². The molecule has 1 fully saturated rings. The number of benzene rings is 2. The number of aromatic nitrogens is 2. The van der Waals surface area contributed by atoms with E-state index in [0.29, 0.717) is 24.1 Å². The Hall–Kier alpha value is -4.04. The number of anilines is 1. The van der Waals surface area contributed by atoms with Crippen molar-refractivity contribution in [3.63, 3.8) is 0 Å². The molecule has 0 saturated heterocycles. The number of aryl methyl sites for hydroxylation is 1. The van der Waals surface area contributed by atoms with Crippen molar-refractivity contribution in [2.75, 3.05) is 18.8 Å². The molecule has 1 aliphatic rings. The number of hydrogen-bond acceptors (Lipinski definition) is 6. The monoisotopic (exact) mass is 645 g/mol. The van der Waals surface area contributed by atoms with Crippen LogP contribution in [0.4, 0.5) is 24.7 Å². The minimum atomic E-state index is -4.03. The van der Waals surface area contributed by atoms with Gasteiger partial charge in [-0.05, 0) is 84.3 Å². The summed E-state index contributed by atoms with van der Waals surface area (Å²) in [5, 5.41) is 3.15. The molecule has 2 N–H and O–H groups in total. The Bertz CT molecular complexity index is 1740. The third-order valence-corrected chi connectivity index (χ3v) is 8.89. The van der Waals surface area contributed by atoms with Crippen LogP contribution in [0.2, 0.25) is 0 Å². The van der Waals surface area contributed by atoms with Crippen molar-refractivity contribution in [2.24, 2.45) is 9.98 Å². The van der Waals surface area contributed by atoms with Crippen LogP contribution in [0.3, 0.4) is 0 Å². The lowest BCUT2D eigenvalue weighted by Gasteiger charge is -2.35. The second kappa shape index (κ2) is 13.9. The lowest BCUT2D eigenvalue weighted by molar-refractivity contribution is 0.101. The second-order valence-electron chi connectivity index (χ2n) is 11.6. The molecule has 4 rings (SSSR count). The summed E-state index contributed by atoms with van der Waals surface area (Å²) >= 11 is 0. The Morgan fingerprint density at radius 1 is 1.16 bits per heavy atom. The average molecular weight is 646 g/mol. The first-order valence-electron chi connectivity index (χ1n) is 14.5. The van der Waals surface area contributed by atoms with Gasteiger partial charge < -0.3 is 10.2 Å². The van der Waals surface area contributed by atoms with E-state index in [1.165, 1.54) is 28.8 Å². The normalized spacial score (nSPS) is 19.2. The molecule has 0 amide bonds. The number of aliphatic imine (C=N–C) groups is 2. The molecule has 0 radical (unpaired) electrons. The Kier molecular flexibility index (Phi) is 10.5. The highest BCUT2D eigenvalue weighted by Gasteiger charge is 2.32. The lowest BCUT2D eigenvalue weighted by Crippen LogP contribution is -2.47. The molecule has 10 nitrogen and oxygen atoms in total. The Morgan fingerprint density at radius 3 is 2.42 bits per heavy atom. The second-order valence-corrected chi connectivity index (χ2v) is 13.3. The third-order valence-electron chi connectivity index (χ3n) is 7.64. The maximum atomic E-state index is 15.2. The summed E-state index contributed by atoms with van der Waals surface area (Å²) < 4.78 is 72.0. The van der Waals surface area contributed by atoms with Crippen molar-refractivity contribution in [1.82, 2.24) is 19.8 Å². The molecule has 1 saturated carbocycles. The molecule has 0 aliphatic heterocycles. The number of halogens is 3. The lowest BCUT2D eigenvalue weighted by atomic mass is 9.89. The molecule has 0 spiro atoms. The fourth-order valence-corrected chi connectivity index (χ4v) is 6.61. The van der Waals surface area contributed by atoms with E-state index in [0.717, 1.165) is 18.2 Å². The van der Waals surface area contributed by atoms with E-state index >= 15 is 4.39 Å². The quantitative estimate of drug-likeness (QED) is 0.246. The highest BCUT2D eigenvalue weighted by Crippen LogP contribution is 2.28. The number of rotatable bonds is 9. The molecule has 45 heavy (non-hydrogen) atoms. The van der Waals surface area contributed by atoms with Crippen LogP contribution in [-0.2, 0) is 15.8 Å². The maximum absolute atomic E-state index is 15.2. The van der Waals surface area contributed by atoms with E-state index in [1.54, 1.807) is 20.8 Å². The Morgan fingerprint density at radius 2 is 1.84 bits per heavy atom. The van der Waals surface area contributed by atoms with Gasteiger partial charge in [0.1, 0.15) is 23.5 Å². The number of guanidine groups is 1. The molecule has 3 aromatic rings. The standard InChI is InChI=1S/C31H38F3N7O3S/c1-18(2)41-29(38-31(35-4)37-23-12-14-27(40(5)6)25(34)16-23)19(3)36-28(30(41)42)21-9-13-26(24(33)15-21)39-45(43,44)17-20-7-10-22(32)11-8-20/h7-11,13,15,18,23,25,27,39H,4,12,14,16-17H2,1-3,5-6H3,(H,37,38)/t23-,25-,27-/m0/s1. The van der Waals surface area contributed by atoms with Crippen LogP contribution in [0.15, 0.2) is 57.2 Å². The van der Waals surface area contributed by atoms with Gasteiger partial charge in [0.05, 0.1) is 17.1 Å². The van der Waals surface area contributed by atoms with E-state index in [9.17, 15) is 22.0 Å². The summed E-state index contributed by atoms with van der Waals surface area (Å²) in [4.78, 5) is 28.5. The fourth-order valence-electron chi connectivity index (χ4n) is 5.41. The van der Waals surface area contributed by atoms with Crippen LogP contribution in [0.1, 0.15) is 50.4 Å². The van der Waals surface area contributed by atoms with E-state index in [-0.39, 0.29) is 53.3 Å². The van der Waals surface area contributed by atoms with Crippen molar-refractivity contribution in [3.8, 4) is 11.3 Å². The minimum absolute atomic E-state index is 0.0527. The van der Waals surface area contributed by atoms with E-state index in [4.69, 9.17) is 0 Å². The minimum Gasteiger partial charge on any atom is -0.351 e. The van der Waals surface area contributed by atoms with Crippen LogP contribution < -0.4 is 15.6 Å². The third kappa shape index (κ3) is 8.17. The number of alkyl halides is 1. The van der Waals surface area contributed by atoms with Crippen LogP contribution in [-0.4, -0.2) is 67.9 Å². The van der Waals surface area contributed by atoms with Gasteiger partial charge in [0.2, 0.25) is 16.0 Å². The topological polar surface area (TPSA) is 121 Å². The van der Waals surface area contributed by atoms with Crippen LogP contribution in [0.5, 0.6) is 0 Å². The van der Waals surface area contributed by atoms with Gasteiger partial charge in [-0.1, -0.05) is 18.2 Å². The molecular formula is C31H38F3N7O3S. The molecule has 1 heterocycles. The Labute approximate surface area is 261 Å². The zero-order valence-electron chi connectivity index (χ0n) is 25.9. The van der Waals surface area contributed by atoms with Crippen LogP contribution in [0.25, 0.3) is 11.3 Å². The number of nitrogens with zero attached hydrogens (tertiary/aromatic N) is 5. The van der Waals surface area contributed by atoms with Gasteiger partial charge in [-0.15, -0.1) is 0 Å². The van der Waals surface area contributed by atoms with Gasteiger partial charge in [-0.3, -0.25) is 14.1 Å². The zero-order valence-corrected chi connectivity index (χ0v) is 26.7. The summed E-state index contributed by atoms with van der Waals surface area (Å²) in [5.74, 6) is -1.55. The zero-order chi connectivity index (χ0) is 33.1. The summed E-state index contributed by atoms with van der Waals surface area (Å²) in [7, 11) is -0.311.